The highest BCUT2D eigenvalue weighted by atomic mass is 16.4. The van der Waals surface area contributed by atoms with E-state index in [1.54, 1.807) is 22.3 Å². The maximum Gasteiger partial charge on any atom is 0.337 e. The molecule has 0 saturated carbocycles. The first-order valence-corrected chi connectivity index (χ1v) is 4.39. The third-order valence-electron chi connectivity index (χ3n) is 2.26. The largest absolute Gasteiger partial charge is 0.478 e. The Labute approximate surface area is 85.8 Å². The zero-order valence-electron chi connectivity index (χ0n) is 8.38. The molecule has 0 aromatic carbocycles. The van der Waals surface area contributed by atoms with Gasteiger partial charge in [0.25, 0.3) is 0 Å². The normalized spacial score (nSPS) is 10.5. The Bertz CT molecular complexity index is 498. The number of nitrogens with zero attached hydrogens (tertiary/aromatic N) is 4. The molecule has 0 aliphatic rings. The highest BCUT2D eigenvalue weighted by Crippen LogP contribution is 2.14. The van der Waals surface area contributed by atoms with E-state index in [1.807, 2.05) is 6.92 Å². The van der Waals surface area contributed by atoms with Crippen LogP contribution >= 0.6 is 0 Å². The van der Waals surface area contributed by atoms with Crippen LogP contribution in [-0.4, -0.2) is 30.6 Å². The van der Waals surface area contributed by atoms with Crippen LogP contribution in [-0.2, 0) is 0 Å². The van der Waals surface area contributed by atoms with Gasteiger partial charge in [0.05, 0.1) is 11.3 Å². The fourth-order valence-corrected chi connectivity index (χ4v) is 1.62. The zero-order valence-corrected chi connectivity index (χ0v) is 8.38. The van der Waals surface area contributed by atoms with E-state index in [4.69, 9.17) is 5.11 Å². The maximum absolute atomic E-state index is 10.9. The van der Waals surface area contributed by atoms with E-state index in [-0.39, 0.29) is 0 Å². The van der Waals surface area contributed by atoms with E-state index in [9.17, 15) is 4.79 Å². The lowest BCUT2D eigenvalue weighted by molar-refractivity contribution is 0.0696. The number of carbonyl (C=O) groups is 1. The molecule has 0 spiro atoms. The second-order valence-corrected chi connectivity index (χ2v) is 3.24. The highest BCUT2D eigenvalue weighted by Gasteiger charge is 2.15. The maximum atomic E-state index is 10.9. The Kier molecular flexibility index (Phi) is 2.03. The summed E-state index contributed by atoms with van der Waals surface area (Å²) in [5.74, 6) is -0.928. The quantitative estimate of drug-likeness (QED) is 0.785. The number of hydrogen-bond acceptors (Lipinski definition) is 3. The fourth-order valence-electron chi connectivity index (χ4n) is 1.62. The molecule has 6 nitrogen and oxygen atoms in total. The second-order valence-electron chi connectivity index (χ2n) is 3.24. The van der Waals surface area contributed by atoms with Gasteiger partial charge in [-0.1, -0.05) is 0 Å². The van der Waals surface area contributed by atoms with Crippen molar-refractivity contribution in [3.63, 3.8) is 0 Å². The van der Waals surface area contributed by atoms with Crippen molar-refractivity contribution in [2.45, 2.75) is 13.8 Å². The number of rotatable bonds is 2. The van der Waals surface area contributed by atoms with Crippen LogP contribution in [0, 0.1) is 13.8 Å². The van der Waals surface area contributed by atoms with Gasteiger partial charge in [-0.25, -0.2) is 9.47 Å². The van der Waals surface area contributed by atoms with E-state index in [0.717, 1.165) is 5.69 Å². The van der Waals surface area contributed by atoms with E-state index < -0.39 is 5.97 Å². The Hall–Kier alpha value is -2.11. The summed E-state index contributed by atoms with van der Waals surface area (Å²) in [6.07, 6.45) is 3.04. The van der Waals surface area contributed by atoms with Gasteiger partial charge < -0.3 is 5.11 Å². The molecular weight excluding hydrogens is 196 g/mol. The minimum absolute atomic E-state index is 0.293. The zero-order chi connectivity index (χ0) is 11.0. The van der Waals surface area contributed by atoms with Crippen LogP contribution in [0.4, 0.5) is 0 Å². The lowest BCUT2D eigenvalue weighted by Crippen LogP contribution is -2.11. The number of aromatic carboxylic acids is 1. The van der Waals surface area contributed by atoms with Crippen LogP contribution in [0.15, 0.2) is 18.7 Å². The summed E-state index contributed by atoms with van der Waals surface area (Å²) >= 11 is 0. The highest BCUT2D eigenvalue weighted by molar-refractivity contribution is 5.89. The van der Waals surface area contributed by atoms with Crippen molar-refractivity contribution in [2.24, 2.45) is 0 Å². The molecule has 0 amide bonds. The van der Waals surface area contributed by atoms with Crippen LogP contribution in [0.2, 0.25) is 0 Å². The van der Waals surface area contributed by atoms with Crippen molar-refractivity contribution in [1.29, 1.82) is 0 Å². The molecule has 2 heterocycles. The molecule has 0 bridgehead atoms. The lowest BCUT2D eigenvalue weighted by atomic mass is 10.2. The summed E-state index contributed by atoms with van der Waals surface area (Å²) in [5.41, 5.74) is 1.77. The van der Waals surface area contributed by atoms with Crippen molar-refractivity contribution in [3.8, 4) is 0 Å². The van der Waals surface area contributed by atoms with Gasteiger partial charge in [0.15, 0.2) is 0 Å². The summed E-state index contributed by atoms with van der Waals surface area (Å²) in [4.78, 5) is 10.9. The Morgan fingerprint density at radius 3 is 2.40 bits per heavy atom. The molecule has 2 rings (SSSR count). The number of carboxylic acid groups (broad SMARTS) is 1. The van der Waals surface area contributed by atoms with Gasteiger partial charge in [-0.2, -0.15) is 0 Å². The van der Waals surface area contributed by atoms with Crippen molar-refractivity contribution < 1.29 is 9.90 Å². The van der Waals surface area contributed by atoms with E-state index in [0.29, 0.717) is 11.3 Å². The molecule has 0 saturated heterocycles. The van der Waals surface area contributed by atoms with Gasteiger partial charge in [0, 0.05) is 5.69 Å². The van der Waals surface area contributed by atoms with Crippen LogP contribution in [0.3, 0.4) is 0 Å². The number of aryl methyl sites for hydroxylation is 1. The summed E-state index contributed by atoms with van der Waals surface area (Å²) in [7, 11) is 0. The molecule has 0 aliphatic heterocycles. The van der Waals surface area contributed by atoms with Crippen molar-refractivity contribution in [2.75, 3.05) is 0 Å². The molecule has 6 heteroatoms. The van der Waals surface area contributed by atoms with Crippen LogP contribution in [0.5, 0.6) is 0 Å². The average Bonchev–Trinajstić information content (AvgIpc) is 2.73. The number of aromatic nitrogens is 4. The number of hydrogen-bond donors (Lipinski definition) is 1. The average molecular weight is 206 g/mol. The molecule has 0 unspecified atom stereocenters. The smallest absolute Gasteiger partial charge is 0.337 e. The molecule has 2 aromatic rings. The monoisotopic (exact) mass is 206 g/mol. The molecule has 0 radical (unpaired) electrons. The molecular formula is C9H10N4O2. The summed E-state index contributed by atoms with van der Waals surface area (Å²) in [5, 5.41) is 16.3. The van der Waals surface area contributed by atoms with E-state index in [1.165, 1.54) is 12.7 Å². The Morgan fingerprint density at radius 1 is 1.33 bits per heavy atom. The molecule has 15 heavy (non-hydrogen) atoms. The van der Waals surface area contributed by atoms with Crippen LogP contribution in [0.1, 0.15) is 21.7 Å². The summed E-state index contributed by atoms with van der Waals surface area (Å²) in [6, 6.07) is 1.62. The number of carboxylic acids is 1. The van der Waals surface area contributed by atoms with E-state index >= 15 is 0 Å². The molecule has 0 aliphatic carbocycles. The third-order valence-corrected chi connectivity index (χ3v) is 2.26. The first-order valence-electron chi connectivity index (χ1n) is 4.39. The Morgan fingerprint density at radius 2 is 1.93 bits per heavy atom. The van der Waals surface area contributed by atoms with Crippen LogP contribution < -0.4 is 0 Å². The van der Waals surface area contributed by atoms with Crippen LogP contribution in [0.25, 0.3) is 0 Å². The SMILES string of the molecule is Cc1cc(C(=O)O)c(C)n1-n1cnnc1. The predicted octanol–water partition coefficient (Wildman–Crippen LogP) is 0.706. The van der Waals surface area contributed by atoms with Gasteiger partial charge in [0.2, 0.25) is 0 Å². The standard InChI is InChI=1S/C9H10N4O2/c1-6-3-8(9(14)15)7(2)13(6)12-4-10-11-5-12/h3-5H,1-2H3,(H,14,15). The van der Waals surface area contributed by atoms with Crippen molar-refractivity contribution in [1.82, 2.24) is 19.5 Å². The summed E-state index contributed by atoms with van der Waals surface area (Å²) in [6.45, 7) is 3.58. The molecule has 0 fully saturated rings. The minimum atomic E-state index is -0.928. The lowest BCUT2D eigenvalue weighted by Gasteiger charge is -2.08. The van der Waals surface area contributed by atoms with Crippen molar-refractivity contribution in [3.05, 3.63) is 35.7 Å². The fraction of sp³-hybridized carbons (Fsp3) is 0.222. The summed E-state index contributed by atoms with van der Waals surface area (Å²) < 4.78 is 3.38. The first kappa shape index (κ1) is 9.45. The minimum Gasteiger partial charge on any atom is -0.478 e. The van der Waals surface area contributed by atoms with Gasteiger partial charge in [0.1, 0.15) is 12.7 Å². The van der Waals surface area contributed by atoms with Gasteiger partial charge in [-0.05, 0) is 19.9 Å². The molecule has 0 atom stereocenters. The van der Waals surface area contributed by atoms with Gasteiger partial charge in [-0.3, -0.25) is 4.68 Å². The topological polar surface area (TPSA) is 72.9 Å². The molecule has 2 aromatic heterocycles. The van der Waals surface area contributed by atoms with E-state index in [2.05, 4.69) is 10.2 Å². The van der Waals surface area contributed by atoms with Gasteiger partial charge >= 0.3 is 5.97 Å². The van der Waals surface area contributed by atoms with Gasteiger partial charge in [-0.15, -0.1) is 10.2 Å². The van der Waals surface area contributed by atoms with Crippen molar-refractivity contribution >= 4 is 5.97 Å². The predicted molar refractivity (Wildman–Crippen MR) is 51.7 cm³/mol. The Balaban J connectivity index is 2.63. The second kappa shape index (κ2) is 3.23. The first-order chi connectivity index (χ1) is 7.11. The molecule has 1 N–H and O–H groups in total. The third kappa shape index (κ3) is 1.39. The molecule has 78 valence electrons.